The Hall–Kier alpha value is -0.940. The van der Waals surface area contributed by atoms with E-state index < -0.39 is 0 Å². The molecule has 0 saturated carbocycles. The molecule has 2 heterocycles. The molecule has 1 aromatic carbocycles. The van der Waals surface area contributed by atoms with E-state index in [2.05, 4.69) is 4.90 Å². The second-order valence-corrected chi connectivity index (χ2v) is 5.48. The maximum Gasteiger partial charge on any atom is 0.0773 e. The normalized spacial score (nSPS) is 34.6. The predicted molar refractivity (Wildman–Crippen MR) is 71.6 cm³/mol. The number of nitrogens with zero attached hydrogens (tertiary/aromatic N) is 1. The van der Waals surface area contributed by atoms with Crippen molar-refractivity contribution in [1.29, 1.82) is 0 Å². The second-order valence-electron chi connectivity index (χ2n) is 5.48. The molecule has 0 amide bonds. The van der Waals surface area contributed by atoms with Crippen molar-refractivity contribution in [3.8, 4) is 0 Å². The van der Waals surface area contributed by atoms with Crippen LogP contribution in [0.2, 0.25) is 0 Å². The first kappa shape index (κ1) is 13.1. The van der Waals surface area contributed by atoms with Crippen LogP contribution in [0.4, 0.5) is 0 Å². The first-order valence-corrected chi connectivity index (χ1v) is 7.00. The Morgan fingerprint density at radius 2 is 2.05 bits per heavy atom. The van der Waals surface area contributed by atoms with Crippen molar-refractivity contribution in [2.75, 3.05) is 13.2 Å². The van der Waals surface area contributed by atoms with E-state index in [4.69, 9.17) is 4.74 Å². The molecule has 4 nitrogen and oxygen atoms in total. The monoisotopic (exact) mass is 263 g/mol. The van der Waals surface area contributed by atoms with Crippen molar-refractivity contribution in [3.05, 3.63) is 35.9 Å². The lowest BCUT2D eigenvalue weighted by atomic mass is 10.1. The van der Waals surface area contributed by atoms with E-state index in [0.717, 1.165) is 24.9 Å². The highest BCUT2D eigenvalue weighted by molar-refractivity contribution is 5.13. The molecular formula is C15H21NO3. The predicted octanol–water partition coefficient (Wildman–Crippen LogP) is 0.772. The molecule has 1 aromatic rings. The number of aliphatic hydroxyl groups is 2. The molecule has 0 aliphatic carbocycles. The minimum atomic E-state index is -0.264. The van der Waals surface area contributed by atoms with Crippen LogP contribution in [0.15, 0.2) is 30.3 Å². The van der Waals surface area contributed by atoms with E-state index in [0.29, 0.717) is 6.61 Å². The number of fused-ring (bicyclic) bond motifs is 1. The number of rotatable bonds is 4. The molecule has 2 aliphatic rings. The molecule has 0 spiro atoms. The zero-order chi connectivity index (χ0) is 13.2. The molecule has 104 valence electrons. The van der Waals surface area contributed by atoms with Crippen LogP contribution in [0.1, 0.15) is 18.4 Å². The van der Waals surface area contributed by atoms with Crippen LogP contribution in [0.5, 0.6) is 0 Å². The summed E-state index contributed by atoms with van der Waals surface area (Å²) in [4.78, 5) is 2.21. The van der Waals surface area contributed by atoms with Crippen molar-refractivity contribution in [2.24, 2.45) is 0 Å². The second kappa shape index (κ2) is 5.59. The average molecular weight is 263 g/mol. The zero-order valence-corrected chi connectivity index (χ0v) is 11.0. The van der Waals surface area contributed by atoms with Crippen LogP contribution in [0, 0.1) is 0 Å². The van der Waals surface area contributed by atoms with E-state index in [1.165, 1.54) is 0 Å². The van der Waals surface area contributed by atoms with Gasteiger partial charge in [0.2, 0.25) is 0 Å². The summed E-state index contributed by atoms with van der Waals surface area (Å²) in [6.45, 7) is 1.53. The molecule has 4 atom stereocenters. The Bertz CT molecular complexity index is 411. The number of aliphatic hydroxyl groups excluding tert-OH is 2. The van der Waals surface area contributed by atoms with Crippen LogP contribution in [0.25, 0.3) is 0 Å². The Morgan fingerprint density at radius 3 is 2.79 bits per heavy atom. The fourth-order valence-corrected chi connectivity index (χ4v) is 3.35. The zero-order valence-electron chi connectivity index (χ0n) is 11.0. The molecule has 4 heteroatoms. The maximum atomic E-state index is 9.94. The van der Waals surface area contributed by atoms with E-state index in [1.54, 1.807) is 0 Å². The summed E-state index contributed by atoms with van der Waals surface area (Å²) in [6, 6.07) is 10.3. The first-order valence-electron chi connectivity index (χ1n) is 7.00. The van der Waals surface area contributed by atoms with Crippen molar-refractivity contribution < 1.29 is 14.9 Å². The van der Waals surface area contributed by atoms with E-state index in [1.807, 2.05) is 30.3 Å². The van der Waals surface area contributed by atoms with Gasteiger partial charge in [-0.2, -0.15) is 0 Å². The van der Waals surface area contributed by atoms with Crippen LogP contribution >= 0.6 is 0 Å². The van der Waals surface area contributed by atoms with E-state index in [-0.39, 0.29) is 30.9 Å². The van der Waals surface area contributed by atoms with Gasteiger partial charge in [0.15, 0.2) is 0 Å². The summed E-state index contributed by atoms with van der Waals surface area (Å²) < 4.78 is 5.96. The van der Waals surface area contributed by atoms with Gasteiger partial charge in [0.1, 0.15) is 0 Å². The third-order valence-electron chi connectivity index (χ3n) is 4.38. The van der Waals surface area contributed by atoms with Crippen LogP contribution < -0.4 is 0 Å². The molecule has 0 unspecified atom stereocenters. The van der Waals surface area contributed by atoms with Crippen molar-refractivity contribution in [1.82, 2.24) is 4.90 Å². The standard InChI is InChI=1S/C15H21NO3/c17-9-13-15(8-12-14(18)6-7-16(12)13)19-10-11-4-2-1-3-5-11/h1-5,12-15,17-18H,6-10H2/t12-,13+,14-,15-/m1/s1. The Morgan fingerprint density at radius 1 is 1.26 bits per heavy atom. The summed E-state index contributed by atoms with van der Waals surface area (Å²) in [5, 5.41) is 19.5. The van der Waals surface area contributed by atoms with Gasteiger partial charge in [0.25, 0.3) is 0 Å². The van der Waals surface area contributed by atoms with Gasteiger partial charge in [-0.3, -0.25) is 4.90 Å². The Kier molecular flexibility index (Phi) is 3.84. The Labute approximate surface area is 113 Å². The number of hydrogen-bond donors (Lipinski definition) is 2. The van der Waals surface area contributed by atoms with E-state index in [9.17, 15) is 10.2 Å². The minimum Gasteiger partial charge on any atom is -0.395 e. The summed E-state index contributed by atoms with van der Waals surface area (Å²) in [7, 11) is 0. The Balaban J connectivity index is 1.62. The van der Waals surface area contributed by atoms with Gasteiger partial charge in [-0.15, -0.1) is 0 Å². The van der Waals surface area contributed by atoms with Gasteiger partial charge in [-0.25, -0.2) is 0 Å². The van der Waals surface area contributed by atoms with Crippen LogP contribution in [-0.4, -0.2) is 52.6 Å². The van der Waals surface area contributed by atoms with Gasteiger partial charge in [0, 0.05) is 12.6 Å². The van der Waals surface area contributed by atoms with E-state index >= 15 is 0 Å². The van der Waals surface area contributed by atoms with Gasteiger partial charge in [0.05, 0.1) is 31.5 Å². The van der Waals surface area contributed by atoms with Gasteiger partial charge < -0.3 is 14.9 Å². The molecule has 2 fully saturated rings. The molecule has 0 bridgehead atoms. The highest BCUT2D eigenvalue weighted by atomic mass is 16.5. The lowest BCUT2D eigenvalue weighted by Gasteiger charge is -2.25. The number of hydrogen-bond acceptors (Lipinski definition) is 4. The highest BCUT2D eigenvalue weighted by Crippen LogP contribution is 2.34. The fraction of sp³-hybridized carbons (Fsp3) is 0.600. The lowest BCUT2D eigenvalue weighted by Crippen LogP contribution is -2.40. The van der Waals surface area contributed by atoms with Gasteiger partial charge >= 0.3 is 0 Å². The molecule has 0 radical (unpaired) electrons. The third kappa shape index (κ3) is 2.54. The quantitative estimate of drug-likeness (QED) is 0.842. The molecule has 2 saturated heterocycles. The maximum absolute atomic E-state index is 9.94. The van der Waals surface area contributed by atoms with Gasteiger partial charge in [-0.1, -0.05) is 30.3 Å². The fourth-order valence-electron chi connectivity index (χ4n) is 3.35. The first-order chi connectivity index (χ1) is 9.29. The van der Waals surface area contributed by atoms with Crippen molar-refractivity contribution >= 4 is 0 Å². The average Bonchev–Trinajstić information content (AvgIpc) is 2.97. The summed E-state index contributed by atoms with van der Waals surface area (Å²) in [5.74, 6) is 0. The topological polar surface area (TPSA) is 52.9 Å². The largest absolute Gasteiger partial charge is 0.395 e. The smallest absolute Gasteiger partial charge is 0.0773 e. The minimum absolute atomic E-state index is 0.0187. The highest BCUT2D eigenvalue weighted by Gasteiger charge is 2.47. The van der Waals surface area contributed by atoms with Crippen LogP contribution in [0.3, 0.4) is 0 Å². The molecule has 19 heavy (non-hydrogen) atoms. The molecule has 0 aromatic heterocycles. The number of benzene rings is 1. The lowest BCUT2D eigenvalue weighted by molar-refractivity contribution is -0.00118. The van der Waals surface area contributed by atoms with Crippen molar-refractivity contribution in [2.45, 2.75) is 43.7 Å². The SMILES string of the molecule is OC[C@H]1[C@H](OCc2ccccc2)C[C@@H]2[C@H](O)CCN21. The molecule has 2 aliphatic heterocycles. The summed E-state index contributed by atoms with van der Waals surface area (Å²) in [6.07, 6.45) is 1.38. The molecular weight excluding hydrogens is 242 g/mol. The van der Waals surface area contributed by atoms with Gasteiger partial charge in [-0.05, 0) is 18.4 Å². The third-order valence-corrected chi connectivity index (χ3v) is 4.38. The number of ether oxygens (including phenoxy) is 1. The molecule has 3 rings (SSSR count). The van der Waals surface area contributed by atoms with Crippen molar-refractivity contribution in [3.63, 3.8) is 0 Å². The summed E-state index contributed by atoms with van der Waals surface area (Å²) >= 11 is 0. The summed E-state index contributed by atoms with van der Waals surface area (Å²) in [5.41, 5.74) is 1.15. The molecule has 2 N–H and O–H groups in total. The van der Waals surface area contributed by atoms with Crippen LogP contribution in [-0.2, 0) is 11.3 Å².